The van der Waals surface area contributed by atoms with Gasteiger partial charge in [-0.05, 0) is 30.5 Å². The van der Waals surface area contributed by atoms with Gasteiger partial charge in [0, 0.05) is 38.3 Å². The maximum atomic E-state index is 13.1. The van der Waals surface area contributed by atoms with Gasteiger partial charge in [-0.25, -0.2) is 0 Å². The summed E-state index contributed by atoms with van der Waals surface area (Å²) in [6, 6.07) is 5.51. The number of nitrogens with zero attached hydrogens (tertiary/aromatic N) is 4. The van der Waals surface area contributed by atoms with Gasteiger partial charge in [0.05, 0.1) is 24.3 Å². The third-order valence-electron chi connectivity index (χ3n) is 6.23. The highest BCUT2D eigenvalue weighted by Crippen LogP contribution is 2.34. The van der Waals surface area contributed by atoms with Gasteiger partial charge in [0.2, 0.25) is 5.91 Å². The average Bonchev–Trinajstić information content (AvgIpc) is 3.32. The van der Waals surface area contributed by atoms with Gasteiger partial charge in [0.25, 0.3) is 5.91 Å². The lowest BCUT2D eigenvalue weighted by Gasteiger charge is -2.25. The monoisotopic (exact) mass is 396 g/mol. The van der Waals surface area contributed by atoms with Crippen LogP contribution in [0.5, 0.6) is 5.75 Å². The van der Waals surface area contributed by atoms with Gasteiger partial charge in [-0.2, -0.15) is 5.10 Å². The minimum absolute atomic E-state index is 0.0304. The number of benzene rings is 1. The Labute approximate surface area is 171 Å². The smallest absolute Gasteiger partial charge is 0.257 e. The molecule has 7 heteroatoms. The number of carbonyl (C=O) groups excluding carboxylic acids is 2. The molecular formula is C22H28N4O3. The number of hydrogen-bond donors (Lipinski definition) is 0. The van der Waals surface area contributed by atoms with Crippen LogP contribution in [-0.2, 0) is 11.8 Å². The van der Waals surface area contributed by atoms with Crippen LogP contribution in [0.25, 0.3) is 11.1 Å². The lowest BCUT2D eigenvalue weighted by molar-refractivity contribution is -0.135. The minimum atomic E-state index is -0.229. The molecule has 0 bridgehead atoms. The zero-order valence-corrected chi connectivity index (χ0v) is 17.5. The van der Waals surface area contributed by atoms with Crippen LogP contribution in [0.2, 0.25) is 0 Å². The SMILES string of the molecule is CCC(CC)C(=O)N1CC2Oc3cc(-c4cnn(C)c4)ccc3C(=O)N(C)C2C1. The van der Waals surface area contributed by atoms with Gasteiger partial charge >= 0.3 is 0 Å². The van der Waals surface area contributed by atoms with Crippen molar-refractivity contribution in [3.05, 3.63) is 36.2 Å². The van der Waals surface area contributed by atoms with Crippen molar-refractivity contribution in [3.63, 3.8) is 0 Å². The van der Waals surface area contributed by atoms with Crippen molar-refractivity contribution in [2.24, 2.45) is 13.0 Å². The van der Waals surface area contributed by atoms with Crippen molar-refractivity contribution in [3.8, 4) is 16.9 Å². The molecule has 3 heterocycles. The molecule has 0 saturated carbocycles. The van der Waals surface area contributed by atoms with E-state index in [1.807, 2.05) is 50.2 Å². The number of hydrogen-bond acceptors (Lipinski definition) is 4. The average molecular weight is 396 g/mol. The largest absolute Gasteiger partial charge is 0.485 e. The van der Waals surface area contributed by atoms with Gasteiger partial charge in [-0.3, -0.25) is 14.3 Å². The van der Waals surface area contributed by atoms with Crippen molar-refractivity contribution in [1.82, 2.24) is 19.6 Å². The highest BCUT2D eigenvalue weighted by Gasteiger charge is 2.44. The number of aromatic nitrogens is 2. The van der Waals surface area contributed by atoms with Gasteiger partial charge < -0.3 is 14.5 Å². The molecule has 0 spiro atoms. The van der Waals surface area contributed by atoms with Crippen molar-refractivity contribution in [2.45, 2.75) is 38.8 Å². The summed E-state index contributed by atoms with van der Waals surface area (Å²) in [6.45, 7) is 5.12. The van der Waals surface area contributed by atoms with E-state index < -0.39 is 0 Å². The lowest BCUT2D eigenvalue weighted by atomic mass is 10.0. The standard InChI is InChI=1S/C22H28N4O3/c1-5-14(6-2)21(27)26-12-18-20(13-26)29-19-9-15(16-10-23-24(3)11-16)7-8-17(19)22(28)25(18)4/h7-11,14,18,20H,5-6,12-13H2,1-4H3. The van der Waals surface area contributed by atoms with Crippen LogP contribution < -0.4 is 4.74 Å². The van der Waals surface area contributed by atoms with Crippen molar-refractivity contribution >= 4 is 11.8 Å². The van der Waals surface area contributed by atoms with Crippen molar-refractivity contribution in [1.29, 1.82) is 0 Å². The molecule has 1 aromatic carbocycles. The number of fused-ring (bicyclic) bond motifs is 2. The molecule has 7 nitrogen and oxygen atoms in total. The molecule has 1 aromatic heterocycles. The number of likely N-dealkylation sites (N-methyl/N-ethyl adjacent to an activating group) is 1. The Balaban J connectivity index is 1.63. The number of rotatable bonds is 4. The fourth-order valence-electron chi connectivity index (χ4n) is 4.37. The molecule has 2 aliphatic heterocycles. The topological polar surface area (TPSA) is 67.7 Å². The summed E-state index contributed by atoms with van der Waals surface area (Å²) in [4.78, 5) is 29.6. The predicted molar refractivity (Wildman–Crippen MR) is 110 cm³/mol. The van der Waals surface area contributed by atoms with Gasteiger partial charge in [-0.1, -0.05) is 19.9 Å². The summed E-state index contributed by atoms with van der Waals surface area (Å²) >= 11 is 0. The van der Waals surface area contributed by atoms with Crippen LogP contribution in [0.3, 0.4) is 0 Å². The molecule has 2 aromatic rings. The fourth-order valence-corrected chi connectivity index (χ4v) is 4.37. The van der Waals surface area contributed by atoms with Gasteiger partial charge in [0.1, 0.15) is 11.9 Å². The van der Waals surface area contributed by atoms with Crippen LogP contribution >= 0.6 is 0 Å². The van der Waals surface area contributed by atoms with E-state index in [0.717, 1.165) is 24.0 Å². The fraction of sp³-hybridized carbons (Fsp3) is 0.500. The van der Waals surface area contributed by atoms with Crippen LogP contribution in [0.15, 0.2) is 30.6 Å². The summed E-state index contributed by atoms with van der Waals surface area (Å²) in [7, 11) is 3.68. The molecule has 2 aliphatic rings. The first-order valence-corrected chi connectivity index (χ1v) is 10.3. The van der Waals surface area contributed by atoms with E-state index in [9.17, 15) is 9.59 Å². The normalized spacial score (nSPS) is 21.1. The Bertz CT molecular complexity index is 934. The molecule has 4 rings (SSSR count). The number of carbonyl (C=O) groups is 2. The summed E-state index contributed by atoms with van der Waals surface area (Å²) in [6.07, 6.45) is 5.15. The second-order valence-corrected chi connectivity index (χ2v) is 8.01. The Morgan fingerprint density at radius 2 is 1.97 bits per heavy atom. The van der Waals surface area contributed by atoms with E-state index in [1.54, 1.807) is 22.8 Å². The van der Waals surface area contributed by atoms with Gasteiger partial charge in [0.15, 0.2) is 0 Å². The summed E-state index contributed by atoms with van der Waals surface area (Å²) < 4.78 is 8.08. The molecule has 2 unspecified atom stereocenters. The number of aryl methyl sites for hydroxylation is 1. The Morgan fingerprint density at radius 3 is 2.62 bits per heavy atom. The second-order valence-electron chi connectivity index (χ2n) is 8.01. The van der Waals surface area contributed by atoms with E-state index in [-0.39, 0.29) is 29.9 Å². The molecule has 0 aliphatic carbocycles. The third kappa shape index (κ3) is 3.39. The molecule has 2 amide bonds. The molecule has 1 saturated heterocycles. The molecular weight excluding hydrogens is 368 g/mol. The Morgan fingerprint density at radius 1 is 1.21 bits per heavy atom. The molecule has 1 fully saturated rings. The molecule has 29 heavy (non-hydrogen) atoms. The third-order valence-corrected chi connectivity index (χ3v) is 6.23. The van der Waals surface area contributed by atoms with Crippen LogP contribution in [0, 0.1) is 5.92 Å². The molecule has 0 radical (unpaired) electrons. The van der Waals surface area contributed by atoms with E-state index in [2.05, 4.69) is 5.10 Å². The maximum Gasteiger partial charge on any atom is 0.257 e. The first-order chi connectivity index (χ1) is 13.9. The predicted octanol–water partition coefficient (Wildman–Crippen LogP) is 2.57. The van der Waals surface area contributed by atoms with Crippen LogP contribution in [0.4, 0.5) is 0 Å². The lowest BCUT2D eigenvalue weighted by Crippen LogP contribution is -2.44. The highest BCUT2D eigenvalue weighted by molar-refractivity contribution is 5.98. The zero-order chi connectivity index (χ0) is 20.7. The van der Waals surface area contributed by atoms with Crippen molar-refractivity contribution in [2.75, 3.05) is 20.1 Å². The first kappa shape index (κ1) is 19.5. The summed E-state index contributed by atoms with van der Waals surface area (Å²) in [5.74, 6) is 0.703. The Hall–Kier alpha value is -2.83. The quantitative estimate of drug-likeness (QED) is 0.797. The van der Waals surface area contributed by atoms with E-state index in [1.165, 1.54) is 0 Å². The molecule has 2 atom stereocenters. The second kappa shape index (κ2) is 7.54. The van der Waals surface area contributed by atoms with Crippen LogP contribution in [0.1, 0.15) is 37.0 Å². The summed E-state index contributed by atoms with van der Waals surface area (Å²) in [5, 5.41) is 4.22. The minimum Gasteiger partial charge on any atom is -0.485 e. The van der Waals surface area contributed by atoms with E-state index in [0.29, 0.717) is 24.4 Å². The first-order valence-electron chi connectivity index (χ1n) is 10.3. The molecule has 0 N–H and O–H groups in total. The van der Waals surface area contributed by atoms with Crippen LogP contribution in [-0.4, -0.2) is 63.7 Å². The Kier molecular flexibility index (Phi) is 5.06. The van der Waals surface area contributed by atoms with E-state index in [4.69, 9.17) is 4.74 Å². The summed E-state index contributed by atoms with van der Waals surface area (Å²) in [5.41, 5.74) is 2.48. The number of amides is 2. The highest BCUT2D eigenvalue weighted by atomic mass is 16.5. The molecule has 154 valence electrons. The number of ether oxygens (including phenoxy) is 1. The van der Waals surface area contributed by atoms with Gasteiger partial charge in [-0.15, -0.1) is 0 Å². The zero-order valence-electron chi connectivity index (χ0n) is 17.5. The maximum absolute atomic E-state index is 13.1. The van der Waals surface area contributed by atoms with E-state index >= 15 is 0 Å². The number of likely N-dealkylation sites (tertiary alicyclic amines) is 1. The van der Waals surface area contributed by atoms with Crippen molar-refractivity contribution < 1.29 is 14.3 Å².